The Morgan fingerprint density at radius 1 is 1.17 bits per heavy atom. The number of benzene rings is 2. The predicted octanol–water partition coefficient (Wildman–Crippen LogP) is 4.02. The van der Waals surface area contributed by atoms with Crippen LogP contribution in [-0.4, -0.2) is 56.0 Å². The average Bonchev–Trinajstić information content (AvgIpc) is 2.76. The quantitative estimate of drug-likeness (QED) is 0.636. The predicted molar refractivity (Wildman–Crippen MR) is 118 cm³/mol. The number of rotatable bonds is 8. The monoisotopic (exact) mass is 434 g/mol. The molecular weight excluding hydrogens is 408 g/mol. The third-order valence-electron chi connectivity index (χ3n) is 4.95. The molecule has 2 aromatic rings. The highest BCUT2D eigenvalue weighted by Gasteiger charge is 2.24. The SMILES string of the molecule is COc1ccc([C@@H](CNC(=O)[C@@H](C)Sc2ccc(Cl)cc2)N2CCOCC2)cc1. The number of methoxy groups -OCH3 is 1. The van der Waals surface area contributed by atoms with Crippen LogP contribution in [0.15, 0.2) is 53.4 Å². The van der Waals surface area contributed by atoms with Gasteiger partial charge in [0.2, 0.25) is 5.91 Å². The number of carbonyl (C=O) groups excluding carboxylic acids is 1. The summed E-state index contributed by atoms with van der Waals surface area (Å²) in [5, 5.41) is 3.64. The number of halogens is 1. The first-order valence-corrected chi connectivity index (χ1v) is 11.0. The molecule has 0 bridgehead atoms. The molecule has 0 unspecified atom stereocenters. The van der Waals surface area contributed by atoms with Crippen LogP contribution >= 0.6 is 23.4 Å². The van der Waals surface area contributed by atoms with Gasteiger partial charge < -0.3 is 14.8 Å². The lowest BCUT2D eigenvalue weighted by atomic mass is 10.0. The summed E-state index contributed by atoms with van der Waals surface area (Å²) < 4.78 is 10.8. The second kappa shape index (κ2) is 10.9. The molecule has 0 radical (unpaired) electrons. The van der Waals surface area contributed by atoms with Crippen molar-refractivity contribution in [1.82, 2.24) is 10.2 Å². The van der Waals surface area contributed by atoms with Crippen molar-refractivity contribution in [3.63, 3.8) is 0 Å². The summed E-state index contributed by atoms with van der Waals surface area (Å²) in [7, 11) is 1.66. The average molecular weight is 435 g/mol. The van der Waals surface area contributed by atoms with Gasteiger partial charge in [-0.15, -0.1) is 11.8 Å². The van der Waals surface area contributed by atoms with Crippen molar-refractivity contribution in [2.45, 2.75) is 23.1 Å². The second-order valence-electron chi connectivity index (χ2n) is 6.90. The first-order valence-electron chi connectivity index (χ1n) is 9.72. The van der Waals surface area contributed by atoms with E-state index in [1.54, 1.807) is 7.11 Å². The molecule has 7 heteroatoms. The van der Waals surface area contributed by atoms with E-state index in [1.165, 1.54) is 11.8 Å². The maximum atomic E-state index is 12.7. The molecule has 2 aromatic carbocycles. The minimum Gasteiger partial charge on any atom is -0.497 e. The Kier molecular flexibility index (Phi) is 8.24. The first kappa shape index (κ1) is 22.0. The summed E-state index contributed by atoms with van der Waals surface area (Å²) in [6.45, 7) is 5.60. The number of hydrogen-bond acceptors (Lipinski definition) is 5. The molecule has 3 rings (SSSR count). The van der Waals surface area contributed by atoms with Crippen molar-refractivity contribution in [3.05, 3.63) is 59.1 Å². The van der Waals surface area contributed by atoms with E-state index in [0.29, 0.717) is 24.8 Å². The van der Waals surface area contributed by atoms with Crippen LogP contribution in [0.25, 0.3) is 0 Å². The van der Waals surface area contributed by atoms with Gasteiger partial charge in [0.05, 0.1) is 31.6 Å². The van der Waals surface area contributed by atoms with Gasteiger partial charge in [0.15, 0.2) is 0 Å². The van der Waals surface area contributed by atoms with Crippen molar-refractivity contribution >= 4 is 29.3 Å². The third-order valence-corrected chi connectivity index (χ3v) is 6.32. The molecule has 1 aliphatic rings. The Labute approximate surface area is 181 Å². The van der Waals surface area contributed by atoms with Crippen LogP contribution in [0.4, 0.5) is 0 Å². The van der Waals surface area contributed by atoms with Crippen molar-refractivity contribution in [2.24, 2.45) is 0 Å². The molecule has 5 nitrogen and oxygen atoms in total. The van der Waals surface area contributed by atoms with Gasteiger partial charge in [-0.3, -0.25) is 9.69 Å². The van der Waals surface area contributed by atoms with Crippen LogP contribution in [0.2, 0.25) is 5.02 Å². The summed E-state index contributed by atoms with van der Waals surface area (Å²) in [6.07, 6.45) is 0. The molecule has 1 N–H and O–H groups in total. The zero-order valence-corrected chi connectivity index (χ0v) is 18.3. The Hall–Kier alpha value is -1.73. The Balaban J connectivity index is 1.63. The highest BCUT2D eigenvalue weighted by atomic mass is 35.5. The van der Waals surface area contributed by atoms with Gasteiger partial charge in [0, 0.05) is 29.6 Å². The van der Waals surface area contributed by atoms with Gasteiger partial charge in [-0.2, -0.15) is 0 Å². The Morgan fingerprint density at radius 3 is 2.45 bits per heavy atom. The van der Waals surface area contributed by atoms with Crippen LogP contribution in [0, 0.1) is 0 Å². The third kappa shape index (κ3) is 6.37. The van der Waals surface area contributed by atoms with E-state index in [-0.39, 0.29) is 17.2 Å². The number of morpholine rings is 1. The molecular formula is C22H27ClN2O3S. The van der Waals surface area contributed by atoms with E-state index < -0.39 is 0 Å². The molecule has 0 aliphatic carbocycles. The van der Waals surface area contributed by atoms with Gasteiger partial charge >= 0.3 is 0 Å². The molecule has 1 amide bonds. The smallest absolute Gasteiger partial charge is 0.233 e. The molecule has 2 atom stereocenters. The van der Waals surface area contributed by atoms with E-state index >= 15 is 0 Å². The topological polar surface area (TPSA) is 50.8 Å². The highest BCUT2D eigenvalue weighted by Crippen LogP contribution is 2.26. The molecule has 0 spiro atoms. The number of hydrogen-bond donors (Lipinski definition) is 1. The zero-order chi connectivity index (χ0) is 20.6. The van der Waals surface area contributed by atoms with Gasteiger partial charge in [0.1, 0.15) is 5.75 Å². The fourth-order valence-electron chi connectivity index (χ4n) is 3.28. The molecule has 29 heavy (non-hydrogen) atoms. The van der Waals surface area contributed by atoms with Gasteiger partial charge in [-0.25, -0.2) is 0 Å². The molecule has 156 valence electrons. The van der Waals surface area contributed by atoms with Crippen LogP contribution in [-0.2, 0) is 9.53 Å². The maximum absolute atomic E-state index is 12.7. The van der Waals surface area contributed by atoms with Crippen molar-refractivity contribution in [3.8, 4) is 5.75 Å². The number of carbonyl (C=O) groups is 1. The Morgan fingerprint density at radius 2 is 1.83 bits per heavy atom. The number of nitrogens with one attached hydrogen (secondary N) is 1. The maximum Gasteiger partial charge on any atom is 0.233 e. The van der Waals surface area contributed by atoms with Crippen LogP contribution in [0.1, 0.15) is 18.5 Å². The molecule has 1 saturated heterocycles. The van der Waals surface area contributed by atoms with E-state index in [4.69, 9.17) is 21.1 Å². The lowest BCUT2D eigenvalue weighted by molar-refractivity contribution is -0.120. The van der Waals surface area contributed by atoms with Crippen molar-refractivity contribution < 1.29 is 14.3 Å². The van der Waals surface area contributed by atoms with E-state index in [1.807, 2.05) is 43.3 Å². The highest BCUT2D eigenvalue weighted by molar-refractivity contribution is 8.00. The zero-order valence-electron chi connectivity index (χ0n) is 16.8. The molecule has 1 heterocycles. The standard InChI is InChI=1S/C22H27ClN2O3S/c1-16(29-20-9-5-18(23)6-10-20)22(26)24-15-21(25-11-13-28-14-12-25)17-3-7-19(27-2)8-4-17/h3-10,16,21H,11-15H2,1-2H3,(H,24,26)/t16-,21-/m1/s1. The van der Waals surface area contributed by atoms with Crippen molar-refractivity contribution in [1.29, 1.82) is 0 Å². The molecule has 1 fully saturated rings. The molecule has 0 aromatic heterocycles. The molecule has 0 saturated carbocycles. The van der Waals surface area contributed by atoms with Crippen LogP contribution in [0.3, 0.4) is 0 Å². The van der Waals surface area contributed by atoms with E-state index in [0.717, 1.165) is 29.3 Å². The summed E-state index contributed by atoms with van der Waals surface area (Å²) >= 11 is 7.46. The summed E-state index contributed by atoms with van der Waals surface area (Å²) in [4.78, 5) is 16.1. The van der Waals surface area contributed by atoms with Crippen LogP contribution < -0.4 is 10.1 Å². The number of ether oxygens (including phenoxy) is 2. The van der Waals surface area contributed by atoms with E-state index in [2.05, 4.69) is 22.3 Å². The largest absolute Gasteiger partial charge is 0.497 e. The normalized spacial score (nSPS) is 16.8. The Bertz CT molecular complexity index is 780. The van der Waals surface area contributed by atoms with Gasteiger partial charge in [-0.1, -0.05) is 23.7 Å². The summed E-state index contributed by atoms with van der Waals surface area (Å²) in [5.41, 5.74) is 1.16. The van der Waals surface area contributed by atoms with Gasteiger partial charge in [-0.05, 0) is 48.9 Å². The second-order valence-corrected chi connectivity index (χ2v) is 8.75. The van der Waals surface area contributed by atoms with Crippen molar-refractivity contribution in [2.75, 3.05) is 40.0 Å². The summed E-state index contributed by atoms with van der Waals surface area (Å²) in [5.74, 6) is 0.850. The number of amides is 1. The number of nitrogens with zero attached hydrogens (tertiary/aromatic N) is 1. The lowest BCUT2D eigenvalue weighted by Gasteiger charge is -2.35. The van der Waals surface area contributed by atoms with E-state index in [9.17, 15) is 4.79 Å². The minimum absolute atomic E-state index is 0.0247. The van der Waals surface area contributed by atoms with Crippen LogP contribution in [0.5, 0.6) is 5.75 Å². The fraction of sp³-hybridized carbons (Fsp3) is 0.409. The molecule has 1 aliphatic heterocycles. The fourth-order valence-corrected chi connectivity index (χ4v) is 4.30. The van der Waals surface area contributed by atoms with Gasteiger partial charge in [0.25, 0.3) is 0 Å². The lowest BCUT2D eigenvalue weighted by Crippen LogP contribution is -2.44. The minimum atomic E-state index is -0.197. The first-order chi connectivity index (χ1) is 14.1. The number of thioether (sulfide) groups is 1. The summed E-state index contributed by atoms with van der Waals surface area (Å²) in [6, 6.07) is 15.7.